The van der Waals surface area contributed by atoms with E-state index >= 15 is 0 Å². The Morgan fingerprint density at radius 1 is 0.974 bits per heavy atom. The van der Waals surface area contributed by atoms with Gasteiger partial charge in [0, 0.05) is 62.1 Å². The molecule has 2 saturated heterocycles. The molecule has 10 heteroatoms. The van der Waals surface area contributed by atoms with Crippen LogP contribution in [0.4, 0.5) is 15.9 Å². The van der Waals surface area contributed by atoms with Crippen LogP contribution in [0.25, 0.3) is 22.0 Å². The number of H-pyrrole nitrogens is 1. The SMILES string of the molecule is O=C(Nc1cnc(N2CCNCC2)c(F)c1)c1n[nH]c2ccc(-c3cncc(CN4CCCCC4)c3)cc12. The number of carbonyl (C=O) groups is 1. The number of piperidine rings is 1. The number of aromatic amines is 1. The Morgan fingerprint density at radius 3 is 2.63 bits per heavy atom. The molecule has 2 aliphatic heterocycles. The summed E-state index contributed by atoms with van der Waals surface area (Å²) in [6, 6.07) is 9.33. The van der Waals surface area contributed by atoms with Crippen LogP contribution in [0.1, 0.15) is 35.3 Å². The molecule has 2 aliphatic rings. The Morgan fingerprint density at radius 2 is 1.82 bits per heavy atom. The van der Waals surface area contributed by atoms with E-state index in [1.54, 1.807) is 0 Å². The van der Waals surface area contributed by atoms with Crippen LogP contribution in [0.3, 0.4) is 0 Å². The van der Waals surface area contributed by atoms with E-state index in [1.165, 1.54) is 37.1 Å². The first kappa shape index (κ1) is 24.4. The molecule has 2 fully saturated rings. The Kier molecular flexibility index (Phi) is 6.98. The largest absolute Gasteiger partial charge is 0.352 e. The maximum atomic E-state index is 14.8. The third kappa shape index (κ3) is 5.23. The Hall–Kier alpha value is -3.89. The molecule has 0 radical (unpaired) electrons. The number of halogens is 1. The lowest BCUT2D eigenvalue weighted by Gasteiger charge is -2.28. The van der Waals surface area contributed by atoms with Gasteiger partial charge >= 0.3 is 0 Å². The molecule has 0 atom stereocenters. The Balaban J connectivity index is 1.21. The number of rotatable bonds is 6. The van der Waals surface area contributed by atoms with Crippen molar-refractivity contribution in [1.82, 2.24) is 30.4 Å². The standard InChI is InChI=1S/C28H31FN8O/c29-24-14-22(17-32-27(24)37-10-6-30-7-11-37)33-28(38)26-23-13-20(4-5-25(23)34-35-26)21-12-19(15-31-16-21)18-36-8-2-1-3-9-36/h4-5,12-17,30H,1-3,6-11,18H2,(H,33,38)(H,34,35). The number of pyridine rings is 2. The van der Waals surface area contributed by atoms with Crippen molar-refractivity contribution in [2.24, 2.45) is 0 Å². The molecule has 3 N–H and O–H groups in total. The molecule has 1 aromatic carbocycles. The third-order valence-corrected chi connectivity index (χ3v) is 7.26. The van der Waals surface area contributed by atoms with E-state index in [4.69, 9.17) is 0 Å². The number of carbonyl (C=O) groups excluding carboxylic acids is 1. The lowest BCUT2D eigenvalue weighted by Crippen LogP contribution is -2.44. The Bertz CT molecular complexity index is 1440. The first-order valence-corrected chi connectivity index (χ1v) is 13.2. The topological polar surface area (TPSA) is 102 Å². The lowest BCUT2D eigenvalue weighted by atomic mass is 10.0. The summed E-state index contributed by atoms with van der Waals surface area (Å²) >= 11 is 0. The van der Waals surface area contributed by atoms with Crippen LogP contribution in [0, 0.1) is 5.82 Å². The molecule has 38 heavy (non-hydrogen) atoms. The van der Waals surface area contributed by atoms with E-state index in [0.29, 0.717) is 24.3 Å². The molecule has 0 bridgehead atoms. The van der Waals surface area contributed by atoms with Crippen molar-refractivity contribution < 1.29 is 9.18 Å². The zero-order valence-corrected chi connectivity index (χ0v) is 21.2. The predicted molar refractivity (Wildman–Crippen MR) is 146 cm³/mol. The fraction of sp³-hybridized carbons (Fsp3) is 0.357. The minimum atomic E-state index is -0.462. The first-order valence-electron chi connectivity index (χ1n) is 13.2. The second-order valence-electron chi connectivity index (χ2n) is 9.97. The van der Waals surface area contributed by atoms with Crippen LogP contribution >= 0.6 is 0 Å². The number of amides is 1. The zero-order chi connectivity index (χ0) is 25.9. The molecule has 196 valence electrons. The van der Waals surface area contributed by atoms with Gasteiger partial charge < -0.3 is 15.5 Å². The van der Waals surface area contributed by atoms with Gasteiger partial charge in [0.25, 0.3) is 5.91 Å². The average molecular weight is 515 g/mol. The molecule has 4 aromatic rings. The maximum absolute atomic E-state index is 14.8. The van der Waals surface area contributed by atoms with E-state index in [9.17, 15) is 9.18 Å². The quantitative estimate of drug-likeness (QED) is 0.360. The summed E-state index contributed by atoms with van der Waals surface area (Å²) < 4.78 is 14.8. The van der Waals surface area contributed by atoms with E-state index in [0.717, 1.165) is 49.4 Å². The smallest absolute Gasteiger partial charge is 0.276 e. The second kappa shape index (κ2) is 10.8. The van der Waals surface area contributed by atoms with Crippen molar-refractivity contribution in [3.8, 4) is 11.1 Å². The second-order valence-corrected chi connectivity index (χ2v) is 9.97. The minimum Gasteiger partial charge on any atom is -0.352 e. The highest BCUT2D eigenvalue weighted by Crippen LogP contribution is 2.27. The number of anilines is 2. The van der Waals surface area contributed by atoms with Gasteiger partial charge in [-0.1, -0.05) is 12.5 Å². The molecule has 9 nitrogen and oxygen atoms in total. The number of aromatic nitrogens is 4. The molecule has 0 unspecified atom stereocenters. The van der Waals surface area contributed by atoms with Gasteiger partial charge in [-0.25, -0.2) is 9.37 Å². The summed E-state index contributed by atoms with van der Waals surface area (Å²) in [5, 5.41) is 13.8. The van der Waals surface area contributed by atoms with Gasteiger partial charge in [-0.3, -0.25) is 19.8 Å². The first-order chi connectivity index (χ1) is 18.6. The van der Waals surface area contributed by atoms with Crippen LogP contribution < -0.4 is 15.5 Å². The van der Waals surface area contributed by atoms with E-state index in [-0.39, 0.29) is 11.4 Å². The summed E-state index contributed by atoms with van der Waals surface area (Å²) in [7, 11) is 0. The summed E-state index contributed by atoms with van der Waals surface area (Å²) in [4.78, 5) is 26.3. The van der Waals surface area contributed by atoms with Gasteiger partial charge in [0.2, 0.25) is 0 Å². The number of hydrogen-bond donors (Lipinski definition) is 3. The van der Waals surface area contributed by atoms with Crippen LogP contribution in [-0.2, 0) is 6.54 Å². The van der Waals surface area contributed by atoms with Crippen LogP contribution in [0.15, 0.2) is 48.9 Å². The molecular weight excluding hydrogens is 483 g/mol. The zero-order valence-electron chi connectivity index (χ0n) is 21.2. The average Bonchev–Trinajstić information content (AvgIpc) is 3.38. The monoisotopic (exact) mass is 514 g/mol. The molecule has 3 aromatic heterocycles. The van der Waals surface area contributed by atoms with Crippen LogP contribution in [0.2, 0.25) is 0 Å². The van der Waals surface area contributed by atoms with Gasteiger partial charge in [-0.2, -0.15) is 5.10 Å². The molecule has 0 saturated carbocycles. The maximum Gasteiger partial charge on any atom is 0.276 e. The number of piperazine rings is 1. The fourth-order valence-corrected chi connectivity index (χ4v) is 5.27. The summed E-state index contributed by atoms with van der Waals surface area (Å²) in [6.45, 7) is 6.09. The summed E-state index contributed by atoms with van der Waals surface area (Å²) in [6.07, 6.45) is 9.06. The van der Waals surface area contributed by atoms with Crippen molar-refractivity contribution in [3.63, 3.8) is 0 Å². The number of nitrogens with one attached hydrogen (secondary N) is 3. The number of hydrogen-bond acceptors (Lipinski definition) is 7. The number of nitrogens with zero attached hydrogens (tertiary/aromatic N) is 5. The molecule has 1 amide bonds. The predicted octanol–water partition coefficient (Wildman–Crippen LogP) is 3.81. The normalized spacial score (nSPS) is 16.6. The number of likely N-dealkylation sites (tertiary alicyclic amines) is 1. The Labute approximate surface area is 220 Å². The van der Waals surface area contributed by atoms with Crippen LogP contribution in [0.5, 0.6) is 0 Å². The van der Waals surface area contributed by atoms with Crippen molar-refractivity contribution in [2.75, 3.05) is 49.5 Å². The van der Waals surface area contributed by atoms with E-state index in [1.807, 2.05) is 35.5 Å². The molecule has 0 aliphatic carbocycles. The minimum absolute atomic E-state index is 0.242. The van der Waals surface area contributed by atoms with Gasteiger partial charge in [-0.05, 0) is 55.3 Å². The lowest BCUT2D eigenvalue weighted by molar-refractivity contribution is 0.102. The molecule has 5 heterocycles. The fourth-order valence-electron chi connectivity index (χ4n) is 5.27. The van der Waals surface area contributed by atoms with Crippen molar-refractivity contribution >= 4 is 28.3 Å². The van der Waals surface area contributed by atoms with Crippen molar-refractivity contribution in [3.05, 3.63) is 66.0 Å². The van der Waals surface area contributed by atoms with Gasteiger partial charge in [0.05, 0.1) is 17.4 Å². The molecule has 0 spiro atoms. The number of fused-ring (bicyclic) bond motifs is 1. The van der Waals surface area contributed by atoms with Gasteiger partial charge in [0.1, 0.15) is 0 Å². The molecule has 6 rings (SSSR count). The van der Waals surface area contributed by atoms with Gasteiger partial charge in [-0.15, -0.1) is 0 Å². The third-order valence-electron chi connectivity index (χ3n) is 7.26. The van der Waals surface area contributed by atoms with Crippen LogP contribution in [-0.4, -0.2) is 70.2 Å². The van der Waals surface area contributed by atoms with Crippen molar-refractivity contribution in [1.29, 1.82) is 0 Å². The highest BCUT2D eigenvalue weighted by atomic mass is 19.1. The van der Waals surface area contributed by atoms with Gasteiger partial charge in [0.15, 0.2) is 17.3 Å². The highest BCUT2D eigenvalue weighted by molar-refractivity contribution is 6.11. The highest BCUT2D eigenvalue weighted by Gasteiger charge is 2.19. The van der Waals surface area contributed by atoms with E-state index in [2.05, 4.69) is 41.8 Å². The summed E-state index contributed by atoms with van der Waals surface area (Å²) in [5.74, 6) is -0.590. The summed E-state index contributed by atoms with van der Waals surface area (Å²) in [5.41, 5.74) is 4.39. The number of benzene rings is 1. The molecular formula is C28H31FN8O. The van der Waals surface area contributed by atoms with E-state index < -0.39 is 11.7 Å². The van der Waals surface area contributed by atoms with Crippen molar-refractivity contribution in [2.45, 2.75) is 25.8 Å².